The molecule has 17 heavy (non-hydrogen) atoms. The van der Waals surface area contributed by atoms with Gasteiger partial charge in [0.1, 0.15) is 6.10 Å². The molecule has 1 heterocycles. The zero-order valence-corrected chi connectivity index (χ0v) is 9.66. The van der Waals surface area contributed by atoms with Crippen molar-refractivity contribution in [3.8, 4) is 0 Å². The zero-order valence-electron chi connectivity index (χ0n) is 9.66. The highest BCUT2D eigenvalue weighted by Gasteiger charge is 2.18. The summed E-state index contributed by atoms with van der Waals surface area (Å²) in [4.78, 5) is 13.4. The van der Waals surface area contributed by atoms with Gasteiger partial charge < -0.3 is 15.7 Å². The van der Waals surface area contributed by atoms with Gasteiger partial charge in [0.15, 0.2) is 0 Å². The number of nitrogens with zero attached hydrogens (tertiary/aromatic N) is 1. The highest BCUT2D eigenvalue weighted by atomic mass is 19.3. The molecule has 7 heteroatoms. The Kier molecular flexibility index (Phi) is 6.31. The van der Waals surface area contributed by atoms with Crippen molar-refractivity contribution < 1.29 is 18.7 Å². The fourth-order valence-corrected chi connectivity index (χ4v) is 1.63. The molecule has 0 bridgehead atoms. The van der Waals surface area contributed by atoms with E-state index in [2.05, 4.69) is 10.6 Å². The SMILES string of the molecule is O=C(CN1CCCNCC1)NCC(O)C(F)F. The lowest BCUT2D eigenvalue weighted by Gasteiger charge is -2.19. The first-order valence-electron chi connectivity index (χ1n) is 5.75. The van der Waals surface area contributed by atoms with Gasteiger partial charge in [-0.3, -0.25) is 9.69 Å². The lowest BCUT2D eigenvalue weighted by atomic mass is 10.3. The van der Waals surface area contributed by atoms with Crippen LogP contribution in [0.3, 0.4) is 0 Å². The molecular weight excluding hydrogens is 232 g/mol. The van der Waals surface area contributed by atoms with Gasteiger partial charge in [0.25, 0.3) is 6.43 Å². The van der Waals surface area contributed by atoms with Crippen LogP contribution in [-0.2, 0) is 4.79 Å². The molecule has 0 radical (unpaired) electrons. The number of alkyl halides is 2. The topological polar surface area (TPSA) is 64.6 Å². The minimum Gasteiger partial charge on any atom is -0.385 e. The third kappa shape index (κ3) is 5.90. The first-order chi connectivity index (χ1) is 8.09. The van der Waals surface area contributed by atoms with Gasteiger partial charge in [0.05, 0.1) is 6.54 Å². The zero-order chi connectivity index (χ0) is 12.7. The maximum absolute atomic E-state index is 12.0. The predicted molar refractivity (Wildman–Crippen MR) is 58.9 cm³/mol. The quantitative estimate of drug-likeness (QED) is 0.588. The Morgan fingerprint density at radius 2 is 2.18 bits per heavy atom. The van der Waals surface area contributed by atoms with Crippen LogP contribution < -0.4 is 10.6 Å². The molecule has 1 atom stereocenters. The fraction of sp³-hybridized carbons (Fsp3) is 0.900. The maximum Gasteiger partial charge on any atom is 0.265 e. The number of nitrogens with one attached hydrogen (secondary N) is 2. The lowest BCUT2D eigenvalue weighted by molar-refractivity contribution is -0.123. The van der Waals surface area contributed by atoms with Crippen molar-refractivity contribution >= 4 is 5.91 Å². The van der Waals surface area contributed by atoms with Gasteiger partial charge in [-0.25, -0.2) is 8.78 Å². The minimum absolute atomic E-state index is 0.192. The summed E-state index contributed by atoms with van der Waals surface area (Å²) in [6, 6.07) is 0. The molecule has 1 amide bonds. The molecule has 0 saturated carbocycles. The van der Waals surface area contributed by atoms with Crippen LogP contribution >= 0.6 is 0 Å². The molecule has 0 aromatic carbocycles. The van der Waals surface area contributed by atoms with Crippen LogP contribution in [0, 0.1) is 0 Å². The molecule has 1 fully saturated rings. The second-order valence-corrected chi connectivity index (χ2v) is 4.09. The predicted octanol–water partition coefficient (Wildman–Crippen LogP) is -0.976. The smallest absolute Gasteiger partial charge is 0.265 e. The molecule has 3 N–H and O–H groups in total. The Labute approximate surface area is 99.2 Å². The molecule has 0 spiro atoms. The molecule has 5 nitrogen and oxygen atoms in total. The molecule has 1 aliphatic heterocycles. The second-order valence-electron chi connectivity index (χ2n) is 4.09. The number of aliphatic hydroxyl groups is 1. The second kappa shape index (κ2) is 7.52. The highest BCUT2D eigenvalue weighted by Crippen LogP contribution is 1.99. The van der Waals surface area contributed by atoms with E-state index in [0.717, 1.165) is 32.6 Å². The van der Waals surface area contributed by atoms with E-state index >= 15 is 0 Å². The van der Waals surface area contributed by atoms with Crippen molar-refractivity contribution in [3.63, 3.8) is 0 Å². The lowest BCUT2D eigenvalue weighted by Crippen LogP contribution is -2.42. The van der Waals surface area contributed by atoms with Gasteiger partial charge in [-0.1, -0.05) is 0 Å². The van der Waals surface area contributed by atoms with E-state index in [1.54, 1.807) is 0 Å². The van der Waals surface area contributed by atoms with Gasteiger partial charge in [-0.2, -0.15) is 0 Å². The summed E-state index contributed by atoms with van der Waals surface area (Å²) in [5.74, 6) is -0.327. The van der Waals surface area contributed by atoms with Gasteiger partial charge in [-0.15, -0.1) is 0 Å². The summed E-state index contributed by atoms with van der Waals surface area (Å²) in [6.45, 7) is 3.14. The van der Waals surface area contributed by atoms with Crippen LogP contribution in [0.2, 0.25) is 0 Å². The normalized spacial score (nSPS) is 20.0. The van der Waals surface area contributed by atoms with Crippen molar-refractivity contribution in [1.29, 1.82) is 0 Å². The van der Waals surface area contributed by atoms with Gasteiger partial charge >= 0.3 is 0 Å². The molecule has 1 unspecified atom stereocenters. The maximum atomic E-state index is 12.0. The third-order valence-corrected chi connectivity index (χ3v) is 2.60. The third-order valence-electron chi connectivity index (χ3n) is 2.60. The van der Waals surface area contributed by atoms with Crippen LogP contribution in [0.4, 0.5) is 8.78 Å². The standard InChI is InChI=1S/C10H19F2N3O2/c11-10(12)8(16)6-14-9(17)7-15-4-1-2-13-3-5-15/h8,10,13,16H,1-7H2,(H,14,17). The van der Waals surface area contributed by atoms with E-state index in [1.165, 1.54) is 0 Å². The van der Waals surface area contributed by atoms with Crippen molar-refractivity contribution in [3.05, 3.63) is 0 Å². The van der Waals surface area contributed by atoms with E-state index in [-0.39, 0.29) is 12.5 Å². The van der Waals surface area contributed by atoms with E-state index in [4.69, 9.17) is 5.11 Å². The van der Waals surface area contributed by atoms with Crippen LogP contribution in [0.1, 0.15) is 6.42 Å². The number of hydrogen-bond donors (Lipinski definition) is 3. The van der Waals surface area contributed by atoms with Crippen LogP contribution in [0.25, 0.3) is 0 Å². The highest BCUT2D eigenvalue weighted by molar-refractivity contribution is 5.78. The average molecular weight is 251 g/mol. The molecule has 0 aliphatic carbocycles. The largest absolute Gasteiger partial charge is 0.385 e. The molecule has 1 aliphatic rings. The summed E-state index contributed by atoms with van der Waals surface area (Å²) >= 11 is 0. The number of halogens is 2. The van der Waals surface area contributed by atoms with Gasteiger partial charge in [0, 0.05) is 19.6 Å². The molecular formula is C10H19F2N3O2. The Morgan fingerprint density at radius 1 is 1.41 bits per heavy atom. The van der Waals surface area contributed by atoms with E-state index < -0.39 is 19.1 Å². The van der Waals surface area contributed by atoms with E-state index in [0.29, 0.717) is 0 Å². The first-order valence-corrected chi connectivity index (χ1v) is 5.75. The molecule has 100 valence electrons. The monoisotopic (exact) mass is 251 g/mol. The summed E-state index contributed by atoms with van der Waals surface area (Å²) in [6.07, 6.45) is -3.64. The molecule has 1 rings (SSSR count). The summed E-state index contributed by atoms with van der Waals surface area (Å²) < 4.78 is 23.9. The van der Waals surface area contributed by atoms with Crippen molar-refractivity contribution in [1.82, 2.24) is 15.5 Å². The Balaban J connectivity index is 2.19. The fourth-order valence-electron chi connectivity index (χ4n) is 1.63. The van der Waals surface area contributed by atoms with Crippen LogP contribution in [-0.4, -0.2) is 67.7 Å². The van der Waals surface area contributed by atoms with Crippen LogP contribution in [0.5, 0.6) is 0 Å². The number of aliphatic hydroxyl groups excluding tert-OH is 1. The summed E-state index contributed by atoms with van der Waals surface area (Å²) in [7, 11) is 0. The van der Waals surface area contributed by atoms with Gasteiger partial charge in [0.2, 0.25) is 5.91 Å². The number of carbonyl (C=O) groups excluding carboxylic acids is 1. The van der Waals surface area contributed by atoms with E-state index in [1.807, 2.05) is 4.90 Å². The Hall–Kier alpha value is -0.790. The number of rotatable bonds is 5. The van der Waals surface area contributed by atoms with Gasteiger partial charge in [-0.05, 0) is 19.5 Å². The summed E-state index contributed by atoms with van der Waals surface area (Å²) in [5.41, 5.74) is 0. The van der Waals surface area contributed by atoms with Crippen molar-refractivity contribution in [2.75, 3.05) is 39.3 Å². The molecule has 0 aromatic heterocycles. The average Bonchev–Trinajstić information content (AvgIpc) is 2.54. The number of carbonyl (C=O) groups is 1. The number of amides is 1. The van der Waals surface area contributed by atoms with Crippen LogP contribution in [0.15, 0.2) is 0 Å². The first kappa shape index (κ1) is 14.3. The molecule has 1 saturated heterocycles. The van der Waals surface area contributed by atoms with Crippen molar-refractivity contribution in [2.45, 2.75) is 19.0 Å². The minimum atomic E-state index is -2.82. The Morgan fingerprint density at radius 3 is 2.88 bits per heavy atom. The molecule has 0 aromatic rings. The van der Waals surface area contributed by atoms with E-state index in [9.17, 15) is 13.6 Å². The summed E-state index contributed by atoms with van der Waals surface area (Å²) in [5, 5.41) is 14.3. The number of hydrogen-bond acceptors (Lipinski definition) is 4. The van der Waals surface area contributed by atoms with Crippen molar-refractivity contribution in [2.24, 2.45) is 0 Å². The Bertz CT molecular complexity index is 234.